The number of hydrogen-bond donors (Lipinski definition) is 0. The summed E-state index contributed by atoms with van der Waals surface area (Å²) in [4.78, 5) is 22.6. The Morgan fingerprint density at radius 1 is 1.32 bits per heavy atom. The van der Waals surface area contributed by atoms with E-state index < -0.39 is 35.5 Å². The molecule has 1 heterocycles. The maximum atomic E-state index is 12.5. The van der Waals surface area contributed by atoms with Crippen molar-refractivity contribution in [2.45, 2.75) is 33.5 Å². The van der Waals surface area contributed by atoms with Gasteiger partial charge in [-0.3, -0.25) is 19.6 Å². The molecule has 0 bridgehead atoms. The summed E-state index contributed by atoms with van der Waals surface area (Å²) in [6.07, 6.45) is -0.0526. The summed E-state index contributed by atoms with van der Waals surface area (Å²) in [5.41, 5.74) is 1.64. The predicted octanol–water partition coefficient (Wildman–Crippen LogP) is 2.84. The van der Waals surface area contributed by atoms with E-state index in [4.69, 9.17) is 9.47 Å². The van der Waals surface area contributed by atoms with E-state index in [1.807, 2.05) is 0 Å². The molecule has 1 aromatic carbocycles. The van der Waals surface area contributed by atoms with Crippen molar-refractivity contribution >= 4 is 11.7 Å². The second-order valence-electron chi connectivity index (χ2n) is 5.88. The van der Waals surface area contributed by atoms with E-state index in [1.165, 1.54) is 7.11 Å². The number of nitrogens with zero attached hydrogens (tertiary/aromatic N) is 3. The number of benzene rings is 1. The van der Waals surface area contributed by atoms with Crippen LogP contribution in [-0.4, -0.2) is 34.4 Å². The molecule has 0 radical (unpaired) electrons. The van der Waals surface area contributed by atoms with Crippen molar-refractivity contribution in [2.75, 3.05) is 7.11 Å². The highest BCUT2D eigenvalue weighted by Gasteiger charge is 2.23. The topological polar surface area (TPSA) is 106 Å². The smallest absolute Gasteiger partial charge is 0.387 e. The number of nitro groups is 1. The SMILES string of the molecule is COc1cc(COC(=O)Cc2c(C)nn(C)c2C)c([N+](=O)[O-])cc1OC(F)F. The lowest BCUT2D eigenvalue weighted by molar-refractivity contribution is -0.386. The third kappa shape index (κ3) is 4.72. The van der Waals surface area contributed by atoms with E-state index in [0.717, 1.165) is 17.8 Å². The maximum Gasteiger partial charge on any atom is 0.387 e. The summed E-state index contributed by atoms with van der Waals surface area (Å²) in [6, 6.07) is 1.94. The van der Waals surface area contributed by atoms with Crippen LogP contribution in [0.1, 0.15) is 22.5 Å². The Kier molecular flexibility index (Phi) is 6.49. The van der Waals surface area contributed by atoms with Crippen molar-refractivity contribution < 1.29 is 32.7 Å². The Hall–Kier alpha value is -3.24. The van der Waals surface area contributed by atoms with E-state index in [1.54, 1.807) is 25.6 Å². The molecule has 0 aliphatic rings. The number of hydrogen-bond acceptors (Lipinski definition) is 7. The summed E-state index contributed by atoms with van der Waals surface area (Å²) in [6.45, 7) is -0.0468. The number of rotatable bonds is 8. The van der Waals surface area contributed by atoms with Gasteiger partial charge in [0.1, 0.15) is 6.61 Å². The van der Waals surface area contributed by atoms with Gasteiger partial charge in [-0.25, -0.2) is 0 Å². The number of ether oxygens (including phenoxy) is 3. The van der Waals surface area contributed by atoms with Crippen LogP contribution in [0.15, 0.2) is 12.1 Å². The largest absolute Gasteiger partial charge is 0.493 e. The van der Waals surface area contributed by atoms with Gasteiger partial charge < -0.3 is 14.2 Å². The van der Waals surface area contributed by atoms with Gasteiger partial charge in [0.2, 0.25) is 0 Å². The molecule has 0 atom stereocenters. The molecule has 0 fully saturated rings. The van der Waals surface area contributed by atoms with Gasteiger partial charge in [-0.2, -0.15) is 13.9 Å². The number of methoxy groups -OCH3 is 1. The molecule has 2 rings (SSSR count). The molecule has 0 amide bonds. The normalized spacial score (nSPS) is 10.8. The second kappa shape index (κ2) is 8.63. The van der Waals surface area contributed by atoms with E-state index in [-0.39, 0.29) is 17.7 Å². The highest BCUT2D eigenvalue weighted by molar-refractivity contribution is 5.73. The molecule has 2 aromatic rings. The first-order valence-corrected chi connectivity index (χ1v) is 8.08. The molecule has 1 aromatic heterocycles. The summed E-state index contributed by atoms with van der Waals surface area (Å²) in [7, 11) is 2.94. The Morgan fingerprint density at radius 3 is 2.50 bits per heavy atom. The zero-order valence-electron chi connectivity index (χ0n) is 15.7. The number of esters is 1. The molecule has 11 heteroatoms. The van der Waals surface area contributed by atoms with E-state index in [2.05, 4.69) is 9.84 Å². The fourth-order valence-electron chi connectivity index (χ4n) is 2.65. The first kappa shape index (κ1) is 21.1. The van der Waals surface area contributed by atoms with Gasteiger partial charge in [0.25, 0.3) is 5.69 Å². The Morgan fingerprint density at radius 2 is 2.00 bits per heavy atom. The average molecular weight is 399 g/mol. The third-order valence-corrected chi connectivity index (χ3v) is 4.15. The van der Waals surface area contributed by atoms with Crippen molar-refractivity contribution in [3.05, 3.63) is 44.8 Å². The van der Waals surface area contributed by atoms with Crippen LogP contribution in [0.2, 0.25) is 0 Å². The van der Waals surface area contributed by atoms with E-state index in [0.29, 0.717) is 11.3 Å². The highest BCUT2D eigenvalue weighted by Crippen LogP contribution is 2.36. The monoisotopic (exact) mass is 399 g/mol. The van der Waals surface area contributed by atoms with Gasteiger partial charge in [-0.1, -0.05) is 0 Å². The molecule has 0 spiro atoms. The first-order valence-electron chi connectivity index (χ1n) is 8.08. The van der Waals surface area contributed by atoms with Gasteiger partial charge in [0, 0.05) is 18.3 Å². The molecule has 9 nitrogen and oxygen atoms in total. The number of alkyl halides is 2. The fraction of sp³-hybridized carbons (Fsp3) is 0.412. The number of nitro benzene ring substituents is 1. The Bertz CT molecular complexity index is 898. The Balaban J connectivity index is 2.20. The number of halogens is 2. The maximum absolute atomic E-state index is 12.5. The minimum absolute atomic E-state index is 0.0172. The molecule has 0 aliphatic carbocycles. The van der Waals surface area contributed by atoms with Crippen LogP contribution in [0.4, 0.5) is 14.5 Å². The molecule has 0 saturated carbocycles. The van der Waals surface area contributed by atoms with Gasteiger partial charge >= 0.3 is 12.6 Å². The lowest BCUT2D eigenvalue weighted by Crippen LogP contribution is -2.11. The number of aryl methyl sites for hydroxylation is 2. The van der Waals surface area contributed by atoms with Crippen molar-refractivity contribution in [3.8, 4) is 11.5 Å². The van der Waals surface area contributed by atoms with Crippen molar-refractivity contribution in [2.24, 2.45) is 7.05 Å². The second-order valence-corrected chi connectivity index (χ2v) is 5.88. The summed E-state index contributed by atoms with van der Waals surface area (Å²) in [5, 5.41) is 15.5. The summed E-state index contributed by atoms with van der Waals surface area (Å²) >= 11 is 0. The van der Waals surface area contributed by atoms with Crippen molar-refractivity contribution in [1.82, 2.24) is 9.78 Å². The highest BCUT2D eigenvalue weighted by atomic mass is 19.3. The van der Waals surface area contributed by atoms with Crippen molar-refractivity contribution in [3.63, 3.8) is 0 Å². The van der Waals surface area contributed by atoms with Gasteiger partial charge in [-0.05, 0) is 19.9 Å². The van der Waals surface area contributed by atoms with Crippen molar-refractivity contribution in [1.29, 1.82) is 0 Å². The summed E-state index contributed by atoms with van der Waals surface area (Å²) < 4.78 is 40.9. The lowest BCUT2D eigenvalue weighted by Gasteiger charge is -2.12. The summed E-state index contributed by atoms with van der Waals surface area (Å²) in [5.74, 6) is -1.24. The van der Waals surface area contributed by atoms with Crippen LogP contribution < -0.4 is 9.47 Å². The minimum Gasteiger partial charge on any atom is -0.493 e. The Labute approximate surface area is 159 Å². The van der Waals surface area contributed by atoms with Crippen LogP contribution in [-0.2, 0) is 29.6 Å². The molecule has 28 heavy (non-hydrogen) atoms. The van der Waals surface area contributed by atoms with E-state index in [9.17, 15) is 23.7 Å². The van der Waals surface area contributed by atoms with E-state index >= 15 is 0 Å². The molecule has 0 N–H and O–H groups in total. The third-order valence-electron chi connectivity index (χ3n) is 4.15. The van der Waals surface area contributed by atoms with Gasteiger partial charge in [0.15, 0.2) is 11.5 Å². The van der Waals surface area contributed by atoms with Crippen LogP contribution in [0.25, 0.3) is 0 Å². The average Bonchev–Trinajstić information content (AvgIpc) is 2.85. The molecule has 152 valence electrons. The number of carbonyl (C=O) groups excluding carboxylic acids is 1. The zero-order chi connectivity index (χ0) is 21.0. The quantitative estimate of drug-likeness (QED) is 0.382. The fourth-order valence-corrected chi connectivity index (χ4v) is 2.65. The van der Waals surface area contributed by atoms with Crippen LogP contribution >= 0.6 is 0 Å². The lowest BCUT2D eigenvalue weighted by atomic mass is 10.1. The molecule has 0 unspecified atom stereocenters. The zero-order valence-corrected chi connectivity index (χ0v) is 15.7. The predicted molar refractivity (Wildman–Crippen MR) is 92.5 cm³/mol. The van der Waals surface area contributed by atoms with Crippen LogP contribution in [0.5, 0.6) is 11.5 Å². The molecular formula is C17H19F2N3O6. The molecule has 0 saturated heterocycles. The minimum atomic E-state index is -3.18. The van der Waals surface area contributed by atoms with Crippen LogP contribution in [0.3, 0.4) is 0 Å². The first-order chi connectivity index (χ1) is 13.1. The van der Waals surface area contributed by atoms with Gasteiger partial charge in [-0.15, -0.1) is 0 Å². The van der Waals surface area contributed by atoms with Crippen LogP contribution in [0, 0.1) is 24.0 Å². The standard InChI is InChI=1S/C17H19F2N3O6/c1-9-12(10(2)21(3)20-9)6-16(23)27-8-11-5-14(26-4)15(28-17(18)19)7-13(11)22(24)25/h5,7,17H,6,8H2,1-4H3. The number of aromatic nitrogens is 2. The van der Waals surface area contributed by atoms with Gasteiger partial charge in [0.05, 0.1) is 35.8 Å². The molecular weight excluding hydrogens is 380 g/mol. The number of carbonyl (C=O) groups is 1. The molecule has 0 aliphatic heterocycles.